The Labute approximate surface area is 198 Å². The third-order valence-electron chi connectivity index (χ3n) is 8.20. The van der Waals surface area contributed by atoms with Gasteiger partial charge in [-0.25, -0.2) is 17.2 Å². The molecule has 5 nitrogen and oxygen atoms in total. The third kappa shape index (κ3) is 3.94. The highest BCUT2D eigenvalue weighted by atomic mass is 32.2. The van der Waals surface area contributed by atoms with Gasteiger partial charge in [-0.1, -0.05) is 13.0 Å². The van der Waals surface area contributed by atoms with Crippen molar-refractivity contribution < 1.29 is 27.1 Å². The fourth-order valence-corrected chi connectivity index (χ4v) is 8.26. The molecular formula is C26H29F2NO4S. The van der Waals surface area contributed by atoms with Gasteiger partial charge in [0.2, 0.25) is 0 Å². The molecule has 2 aromatic rings. The molecule has 182 valence electrons. The molecule has 0 aromatic heterocycles. The lowest BCUT2D eigenvalue weighted by Gasteiger charge is -2.40. The van der Waals surface area contributed by atoms with Gasteiger partial charge < -0.3 is 10.4 Å². The maximum absolute atomic E-state index is 13.9. The predicted molar refractivity (Wildman–Crippen MR) is 124 cm³/mol. The van der Waals surface area contributed by atoms with Crippen molar-refractivity contribution in [3.05, 3.63) is 59.2 Å². The second-order valence-electron chi connectivity index (χ2n) is 10.5. The monoisotopic (exact) mass is 489 g/mol. The minimum absolute atomic E-state index is 0.0646. The third-order valence-corrected chi connectivity index (χ3v) is 10.4. The summed E-state index contributed by atoms with van der Waals surface area (Å²) in [5.74, 6) is -2.41. The molecule has 1 unspecified atom stereocenters. The molecule has 5 rings (SSSR count). The fraction of sp³-hybridized carbons (Fsp3) is 0.500. The lowest BCUT2D eigenvalue weighted by atomic mass is 9.74. The molecule has 1 amide bonds. The van der Waals surface area contributed by atoms with Gasteiger partial charge in [-0.3, -0.25) is 4.79 Å². The van der Waals surface area contributed by atoms with Crippen LogP contribution in [0, 0.1) is 29.4 Å². The first kappa shape index (κ1) is 23.4. The van der Waals surface area contributed by atoms with Crippen molar-refractivity contribution in [2.24, 2.45) is 17.8 Å². The lowest BCUT2D eigenvalue weighted by Crippen LogP contribution is -2.46. The number of hydrogen-bond acceptors (Lipinski definition) is 4. The maximum Gasteiger partial charge on any atom is 0.255 e. The van der Waals surface area contributed by atoms with Gasteiger partial charge in [0.1, 0.15) is 0 Å². The SMILES string of the molecule is C[C@H]1CC2C[C@@H](S(=O)(=O)c3cc(C(=O)Nc4ccc(F)c(F)c4)ccc3C3CC3)C[C@H]1[C@]2(C)O. The van der Waals surface area contributed by atoms with Crippen molar-refractivity contribution in [3.8, 4) is 0 Å². The van der Waals surface area contributed by atoms with E-state index in [0.717, 1.165) is 37.0 Å². The summed E-state index contributed by atoms with van der Waals surface area (Å²) in [5, 5.41) is 12.9. The predicted octanol–water partition coefficient (Wildman–Crippen LogP) is 5.05. The number of anilines is 1. The van der Waals surface area contributed by atoms with E-state index in [1.807, 2.05) is 6.92 Å². The van der Waals surface area contributed by atoms with Crippen molar-refractivity contribution in [1.29, 1.82) is 0 Å². The van der Waals surface area contributed by atoms with Gasteiger partial charge >= 0.3 is 0 Å². The highest BCUT2D eigenvalue weighted by Gasteiger charge is 2.56. The minimum atomic E-state index is -3.74. The molecule has 34 heavy (non-hydrogen) atoms. The smallest absolute Gasteiger partial charge is 0.255 e. The zero-order valence-corrected chi connectivity index (χ0v) is 20.0. The van der Waals surface area contributed by atoms with Gasteiger partial charge in [-0.2, -0.15) is 0 Å². The summed E-state index contributed by atoms with van der Waals surface area (Å²) in [5.41, 5.74) is 0.116. The standard InChI is InChI=1S/C26H29F2NO4S/c1-14-9-17-11-19(13-21(14)26(17,2)31)34(32,33)24-10-16(5-7-20(24)15-3-4-15)25(30)29-18-6-8-22(27)23(28)12-18/h5-8,10,12,14-15,17,19,21,31H,3-4,9,11,13H2,1-2H3,(H,29,30)/t14-,17?,19+,21+,26+/m0/s1. The van der Waals surface area contributed by atoms with Crippen LogP contribution in [0.15, 0.2) is 41.3 Å². The van der Waals surface area contributed by atoms with Crippen LogP contribution >= 0.6 is 0 Å². The summed E-state index contributed by atoms with van der Waals surface area (Å²) in [6, 6.07) is 7.77. The fourth-order valence-electron chi connectivity index (χ4n) is 6.10. The topological polar surface area (TPSA) is 83.5 Å². The molecule has 0 saturated heterocycles. The van der Waals surface area contributed by atoms with E-state index in [9.17, 15) is 27.1 Å². The Hall–Kier alpha value is -2.32. The lowest BCUT2D eigenvalue weighted by molar-refractivity contribution is -0.0466. The van der Waals surface area contributed by atoms with Crippen LogP contribution in [0.4, 0.5) is 14.5 Å². The van der Waals surface area contributed by atoms with E-state index in [-0.39, 0.29) is 39.8 Å². The van der Waals surface area contributed by atoms with Gasteiger partial charge in [0, 0.05) is 17.3 Å². The van der Waals surface area contributed by atoms with Crippen LogP contribution in [-0.2, 0) is 9.84 Å². The van der Waals surface area contributed by atoms with Crippen LogP contribution in [0.3, 0.4) is 0 Å². The molecular weight excluding hydrogens is 460 g/mol. The molecule has 2 N–H and O–H groups in total. The van der Waals surface area contributed by atoms with Gasteiger partial charge in [-0.05, 0) is 92.5 Å². The average molecular weight is 490 g/mol. The Kier molecular flexibility index (Phi) is 5.60. The van der Waals surface area contributed by atoms with E-state index in [2.05, 4.69) is 12.2 Å². The number of nitrogens with one attached hydrogen (secondary N) is 1. The van der Waals surface area contributed by atoms with Gasteiger partial charge in [0.25, 0.3) is 5.91 Å². The number of fused-ring (bicyclic) bond motifs is 2. The van der Waals surface area contributed by atoms with Crippen molar-refractivity contribution >= 4 is 21.4 Å². The molecule has 3 saturated carbocycles. The summed E-state index contributed by atoms with van der Waals surface area (Å²) in [6.45, 7) is 3.90. The van der Waals surface area contributed by atoms with Crippen LogP contribution < -0.4 is 5.32 Å². The molecule has 2 aromatic carbocycles. The molecule has 2 bridgehead atoms. The number of benzene rings is 2. The summed E-state index contributed by atoms with van der Waals surface area (Å²) in [6.07, 6.45) is 3.44. The van der Waals surface area contributed by atoms with E-state index < -0.39 is 38.2 Å². The van der Waals surface area contributed by atoms with E-state index in [4.69, 9.17) is 0 Å². The number of amides is 1. The van der Waals surface area contributed by atoms with Crippen LogP contribution in [0.25, 0.3) is 0 Å². The van der Waals surface area contributed by atoms with Crippen LogP contribution in [0.1, 0.15) is 67.8 Å². The van der Waals surface area contributed by atoms with Gasteiger partial charge in [0.05, 0.1) is 15.7 Å². The van der Waals surface area contributed by atoms with E-state index in [0.29, 0.717) is 12.8 Å². The summed E-state index contributed by atoms with van der Waals surface area (Å²) < 4.78 is 54.5. The molecule has 0 radical (unpaired) electrons. The average Bonchev–Trinajstić information content (AvgIpc) is 3.60. The Morgan fingerprint density at radius 1 is 1.06 bits per heavy atom. The maximum atomic E-state index is 13.9. The first-order valence-corrected chi connectivity index (χ1v) is 13.4. The van der Waals surface area contributed by atoms with E-state index >= 15 is 0 Å². The highest BCUT2D eigenvalue weighted by molar-refractivity contribution is 7.92. The van der Waals surface area contributed by atoms with Crippen molar-refractivity contribution in [3.63, 3.8) is 0 Å². The highest BCUT2D eigenvalue weighted by Crippen LogP contribution is 2.55. The second-order valence-corrected chi connectivity index (χ2v) is 12.7. The van der Waals surface area contributed by atoms with E-state index in [1.54, 1.807) is 12.1 Å². The number of aliphatic hydroxyl groups is 1. The zero-order valence-electron chi connectivity index (χ0n) is 19.2. The van der Waals surface area contributed by atoms with Crippen molar-refractivity contribution in [1.82, 2.24) is 0 Å². The summed E-state index contributed by atoms with van der Waals surface area (Å²) in [7, 11) is -3.74. The molecule has 0 heterocycles. The van der Waals surface area contributed by atoms with E-state index in [1.165, 1.54) is 12.1 Å². The van der Waals surface area contributed by atoms with Crippen LogP contribution in [-0.4, -0.2) is 30.3 Å². The summed E-state index contributed by atoms with van der Waals surface area (Å²) >= 11 is 0. The molecule has 5 atom stereocenters. The second kappa shape index (κ2) is 8.12. The molecule has 8 heteroatoms. The first-order chi connectivity index (χ1) is 16.0. The molecule has 3 aliphatic carbocycles. The summed E-state index contributed by atoms with van der Waals surface area (Å²) in [4.78, 5) is 13.0. The Balaban J connectivity index is 1.46. The molecule has 3 fully saturated rings. The quantitative estimate of drug-likeness (QED) is 0.616. The molecule has 0 spiro atoms. The van der Waals surface area contributed by atoms with Gasteiger partial charge in [0.15, 0.2) is 21.5 Å². The zero-order chi connectivity index (χ0) is 24.4. The Morgan fingerprint density at radius 2 is 1.79 bits per heavy atom. The minimum Gasteiger partial charge on any atom is -0.390 e. The number of hydrogen-bond donors (Lipinski definition) is 2. The van der Waals surface area contributed by atoms with Crippen LogP contribution in [0.2, 0.25) is 0 Å². The number of carbonyl (C=O) groups excluding carboxylic acids is 1. The largest absolute Gasteiger partial charge is 0.390 e. The molecule has 0 aliphatic heterocycles. The number of sulfone groups is 1. The van der Waals surface area contributed by atoms with Gasteiger partial charge in [-0.15, -0.1) is 0 Å². The number of carbonyl (C=O) groups is 1. The van der Waals surface area contributed by atoms with Crippen molar-refractivity contribution in [2.75, 3.05) is 5.32 Å². The molecule has 3 aliphatic rings. The normalized spacial score (nSPS) is 30.9. The van der Waals surface area contributed by atoms with Crippen molar-refractivity contribution in [2.45, 2.75) is 67.6 Å². The first-order valence-electron chi connectivity index (χ1n) is 11.8. The number of halogens is 2. The number of rotatable bonds is 5. The Bertz CT molecular complexity index is 1260. The Morgan fingerprint density at radius 3 is 2.44 bits per heavy atom. The van der Waals surface area contributed by atoms with Crippen LogP contribution in [0.5, 0.6) is 0 Å².